The number of hydrogen-bond acceptors (Lipinski definition) is 2. The van der Waals surface area contributed by atoms with Crippen LogP contribution in [0.3, 0.4) is 0 Å². The highest BCUT2D eigenvalue weighted by Crippen LogP contribution is 2.34. The lowest BCUT2D eigenvalue weighted by atomic mass is 9.89. The molecule has 1 saturated heterocycles. The predicted octanol–water partition coefficient (Wildman–Crippen LogP) is 4.74. The number of aromatic nitrogens is 1. The summed E-state index contributed by atoms with van der Waals surface area (Å²) >= 11 is 0. The van der Waals surface area contributed by atoms with E-state index in [9.17, 15) is 9.18 Å². The van der Waals surface area contributed by atoms with Gasteiger partial charge in [-0.1, -0.05) is 12.1 Å². The van der Waals surface area contributed by atoms with Crippen LogP contribution < -0.4 is 4.74 Å². The van der Waals surface area contributed by atoms with Gasteiger partial charge in [-0.2, -0.15) is 0 Å². The first-order valence-electron chi connectivity index (χ1n) is 9.51. The molecule has 28 heavy (non-hydrogen) atoms. The van der Waals surface area contributed by atoms with Crippen molar-refractivity contribution in [2.24, 2.45) is 0 Å². The Labute approximate surface area is 163 Å². The average Bonchev–Trinajstić information content (AvgIpc) is 3.15. The molecule has 1 fully saturated rings. The molecule has 0 radical (unpaired) electrons. The van der Waals surface area contributed by atoms with Gasteiger partial charge in [0.15, 0.2) is 0 Å². The van der Waals surface area contributed by atoms with Gasteiger partial charge < -0.3 is 14.6 Å². The van der Waals surface area contributed by atoms with E-state index in [2.05, 4.69) is 17.2 Å². The van der Waals surface area contributed by atoms with E-state index in [4.69, 9.17) is 4.74 Å². The number of rotatable bonds is 4. The molecule has 2 heterocycles. The number of carbonyl (C=O) groups excluding carboxylic acids is 1. The van der Waals surface area contributed by atoms with E-state index in [0.717, 1.165) is 24.1 Å². The molecule has 3 aromatic rings. The smallest absolute Gasteiger partial charge is 0.246 e. The number of piperidine rings is 1. The summed E-state index contributed by atoms with van der Waals surface area (Å²) in [7, 11) is 1.68. The third kappa shape index (κ3) is 3.79. The Morgan fingerprint density at radius 2 is 2.04 bits per heavy atom. The molecule has 1 N–H and O–H groups in total. The van der Waals surface area contributed by atoms with Crippen LogP contribution in [-0.2, 0) is 4.79 Å². The van der Waals surface area contributed by atoms with Crippen LogP contribution in [0.15, 0.2) is 54.7 Å². The van der Waals surface area contributed by atoms with Gasteiger partial charge in [0.05, 0.1) is 7.11 Å². The number of hydrogen-bond donors (Lipinski definition) is 1. The summed E-state index contributed by atoms with van der Waals surface area (Å²) in [5, 5.41) is 1.19. The van der Waals surface area contributed by atoms with Crippen LogP contribution in [0.2, 0.25) is 0 Å². The molecule has 1 amide bonds. The van der Waals surface area contributed by atoms with E-state index in [1.807, 2.05) is 17.0 Å². The fourth-order valence-electron chi connectivity index (χ4n) is 3.88. The number of likely N-dealkylation sites (tertiary alicyclic amines) is 1. The largest absolute Gasteiger partial charge is 0.497 e. The fraction of sp³-hybridized carbons (Fsp3) is 0.261. The topological polar surface area (TPSA) is 45.3 Å². The number of amides is 1. The number of methoxy groups -OCH3 is 1. The molecule has 4 nitrogen and oxygen atoms in total. The van der Waals surface area contributed by atoms with Gasteiger partial charge >= 0.3 is 0 Å². The zero-order valence-electron chi connectivity index (χ0n) is 15.8. The fourth-order valence-corrected chi connectivity index (χ4v) is 3.88. The van der Waals surface area contributed by atoms with Gasteiger partial charge in [0.1, 0.15) is 11.6 Å². The second-order valence-electron chi connectivity index (χ2n) is 7.14. The monoisotopic (exact) mass is 378 g/mol. The predicted molar refractivity (Wildman–Crippen MR) is 109 cm³/mol. The molecule has 0 unspecified atom stereocenters. The average molecular weight is 378 g/mol. The first-order valence-corrected chi connectivity index (χ1v) is 9.51. The Hall–Kier alpha value is -3.08. The molecule has 0 aliphatic carbocycles. The van der Waals surface area contributed by atoms with Crippen LogP contribution >= 0.6 is 0 Å². The Morgan fingerprint density at radius 3 is 2.79 bits per heavy atom. The molecule has 0 spiro atoms. The lowest BCUT2D eigenvalue weighted by Crippen LogP contribution is -2.36. The highest BCUT2D eigenvalue weighted by Gasteiger charge is 2.24. The minimum atomic E-state index is -0.300. The van der Waals surface area contributed by atoms with Crippen molar-refractivity contribution in [3.05, 3.63) is 71.7 Å². The zero-order valence-corrected chi connectivity index (χ0v) is 15.8. The van der Waals surface area contributed by atoms with Crippen LogP contribution in [0.25, 0.3) is 17.0 Å². The normalized spacial score (nSPS) is 15.4. The first kappa shape index (κ1) is 18.3. The van der Waals surface area contributed by atoms with Crippen LogP contribution in [0.4, 0.5) is 4.39 Å². The van der Waals surface area contributed by atoms with Crippen LogP contribution in [-0.4, -0.2) is 36.0 Å². The highest BCUT2D eigenvalue weighted by molar-refractivity contribution is 5.92. The number of fused-ring (bicyclic) bond motifs is 1. The number of ether oxygens (including phenoxy) is 1. The Kier molecular flexibility index (Phi) is 5.15. The van der Waals surface area contributed by atoms with Gasteiger partial charge in [-0.25, -0.2) is 4.39 Å². The number of benzene rings is 2. The maximum absolute atomic E-state index is 13.2. The number of halogens is 1. The molecular weight excluding hydrogens is 355 g/mol. The van der Waals surface area contributed by atoms with Gasteiger partial charge in [0.25, 0.3) is 0 Å². The molecule has 1 aromatic heterocycles. The second-order valence-corrected chi connectivity index (χ2v) is 7.14. The molecule has 0 bridgehead atoms. The van der Waals surface area contributed by atoms with Gasteiger partial charge in [0, 0.05) is 36.3 Å². The molecule has 1 aliphatic rings. The third-order valence-electron chi connectivity index (χ3n) is 5.43. The number of nitrogens with zero attached hydrogens (tertiary/aromatic N) is 1. The molecule has 1 aliphatic heterocycles. The number of nitrogens with one attached hydrogen (secondary N) is 1. The van der Waals surface area contributed by atoms with Crippen molar-refractivity contribution in [1.29, 1.82) is 0 Å². The van der Waals surface area contributed by atoms with Gasteiger partial charge in [-0.05, 0) is 66.3 Å². The van der Waals surface area contributed by atoms with Crippen LogP contribution in [0.5, 0.6) is 5.75 Å². The molecule has 5 heteroatoms. The lowest BCUT2D eigenvalue weighted by molar-refractivity contribution is -0.126. The molecule has 4 rings (SSSR count). The lowest BCUT2D eigenvalue weighted by Gasteiger charge is -2.31. The maximum atomic E-state index is 13.2. The number of aromatic amines is 1. The molecule has 2 aromatic carbocycles. The van der Waals surface area contributed by atoms with Crippen LogP contribution in [0, 0.1) is 5.82 Å². The van der Waals surface area contributed by atoms with E-state index in [-0.39, 0.29) is 11.7 Å². The first-order chi connectivity index (χ1) is 13.6. The SMILES string of the molecule is COc1ccc2[nH]cc(C3CCN(C(=O)/C=C/c4cccc(F)c4)CC3)c2c1. The summed E-state index contributed by atoms with van der Waals surface area (Å²) in [6.07, 6.45) is 7.12. The standard InChI is InChI=1S/C23H23FN2O2/c1-28-19-6-7-22-20(14-19)21(15-25-22)17-9-11-26(12-10-17)23(27)8-5-16-3-2-4-18(24)13-16/h2-8,13-15,17,25H,9-12H2,1H3/b8-5+. The third-order valence-corrected chi connectivity index (χ3v) is 5.43. The van der Waals surface area contributed by atoms with E-state index in [1.54, 1.807) is 25.3 Å². The van der Waals surface area contributed by atoms with Crippen molar-refractivity contribution in [3.8, 4) is 5.75 Å². The highest BCUT2D eigenvalue weighted by atomic mass is 19.1. The molecule has 0 atom stereocenters. The summed E-state index contributed by atoms with van der Waals surface area (Å²) in [6, 6.07) is 12.3. The van der Waals surface area contributed by atoms with Gasteiger partial charge in [0.2, 0.25) is 5.91 Å². The van der Waals surface area contributed by atoms with E-state index < -0.39 is 0 Å². The minimum absolute atomic E-state index is 0.0247. The van der Waals surface area contributed by atoms with E-state index in [0.29, 0.717) is 24.6 Å². The van der Waals surface area contributed by atoms with Crippen molar-refractivity contribution in [3.63, 3.8) is 0 Å². The zero-order chi connectivity index (χ0) is 19.5. The summed E-state index contributed by atoms with van der Waals surface area (Å²) < 4.78 is 18.6. The number of carbonyl (C=O) groups is 1. The molecule has 144 valence electrons. The quantitative estimate of drug-likeness (QED) is 0.667. The van der Waals surface area contributed by atoms with Crippen molar-refractivity contribution >= 4 is 22.9 Å². The van der Waals surface area contributed by atoms with E-state index in [1.165, 1.54) is 29.2 Å². The second kappa shape index (κ2) is 7.89. The summed E-state index contributed by atoms with van der Waals surface area (Å²) in [5.74, 6) is 0.939. The minimum Gasteiger partial charge on any atom is -0.497 e. The van der Waals surface area contributed by atoms with Crippen LogP contribution in [0.1, 0.15) is 29.9 Å². The summed E-state index contributed by atoms with van der Waals surface area (Å²) in [6.45, 7) is 1.43. The van der Waals surface area contributed by atoms with Crippen molar-refractivity contribution in [1.82, 2.24) is 9.88 Å². The Morgan fingerprint density at radius 1 is 1.21 bits per heavy atom. The maximum Gasteiger partial charge on any atom is 0.246 e. The summed E-state index contributed by atoms with van der Waals surface area (Å²) in [5.41, 5.74) is 3.08. The van der Waals surface area contributed by atoms with Crippen molar-refractivity contribution < 1.29 is 13.9 Å². The van der Waals surface area contributed by atoms with Crippen molar-refractivity contribution in [2.75, 3.05) is 20.2 Å². The number of H-pyrrole nitrogens is 1. The van der Waals surface area contributed by atoms with E-state index >= 15 is 0 Å². The molecular formula is C23H23FN2O2. The Balaban J connectivity index is 1.41. The van der Waals surface area contributed by atoms with Crippen molar-refractivity contribution in [2.45, 2.75) is 18.8 Å². The van der Waals surface area contributed by atoms with Gasteiger partial charge in [-0.15, -0.1) is 0 Å². The Bertz CT molecular complexity index is 1020. The van der Waals surface area contributed by atoms with Gasteiger partial charge in [-0.3, -0.25) is 4.79 Å². The molecule has 0 saturated carbocycles. The summed E-state index contributed by atoms with van der Waals surface area (Å²) in [4.78, 5) is 17.7.